The minimum absolute atomic E-state index is 0.0493. The second-order valence-electron chi connectivity index (χ2n) is 9.51. The van der Waals surface area contributed by atoms with E-state index in [0.29, 0.717) is 46.6 Å². The fourth-order valence-corrected chi connectivity index (χ4v) is 5.54. The van der Waals surface area contributed by atoms with Crippen LogP contribution >= 0.6 is 11.3 Å². The summed E-state index contributed by atoms with van der Waals surface area (Å²) in [7, 11) is 3.64. The van der Waals surface area contributed by atoms with Gasteiger partial charge in [-0.2, -0.15) is 15.1 Å². The Morgan fingerprint density at radius 3 is 2.53 bits per heavy atom. The lowest BCUT2D eigenvalue weighted by Crippen LogP contribution is -2.44. The maximum absolute atomic E-state index is 14.9. The molecule has 0 amide bonds. The minimum atomic E-state index is -1.03. The van der Waals surface area contributed by atoms with Crippen molar-refractivity contribution in [3.8, 4) is 11.3 Å². The molecule has 4 heterocycles. The van der Waals surface area contributed by atoms with Crippen molar-refractivity contribution < 1.29 is 17.9 Å². The van der Waals surface area contributed by atoms with Gasteiger partial charge in [0.25, 0.3) is 0 Å². The molecule has 1 aromatic carbocycles. The molecular formula is C24H24F3N7OS. The molecule has 2 atom stereocenters. The summed E-state index contributed by atoms with van der Waals surface area (Å²) in [5.41, 5.74) is 2.08. The molecule has 0 bridgehead atoms. The summed E-state index contributed by atoms with van der Waals surface area (Å²) >= 11 is 1.22. The summed E-state index contributed by atoms with van der Waals surface area (Å²) in [6.45, 7) is 2.88. The SMILES string of the molecule is C[C@@H]1CN(c2nc(-c3c(F)cc(F)cc3F)c3sc(N(C)C)nc3n2)C[C@H](c2cn[nH]c2C2CC2)O1. The van der Waals surface area contributed by atoms with Gasteiger partial charge in [-0.1, -0.05) is 11.3 Å². The topological polar surface area (TPSA) is 83.1 Å². The first-order chi connectivity index (χ1) is 17.3. The first-order valence-corrected chi connectivity index (χ1v) is 12.5. The summed E-state index contributed by atoms with van der Waals surface area (Å²) in [4.78, 5) is 17.6. The van der Waals surface area contributed by atoms with Crippen molar-refractivity contribution in [2.75, 3.05) is 37.0 Å². The van der Waals surface area contributed by atoms with E-state index in [1.807, 2.05) is 25.9 Å². The number of hydrogen-bond acceptors (Lipinski definition) is 8. The van der Waals surface area contributed by atoms with Gasteiger partial charge >= 0.3 is 0 Å². The predicted octanol–water partition coefficient (Wildman–Crippen LogP) is 4.80. The number of aromatic amines is 1. The molecule has 8 nitrogen and oxygen atoms in total. The van der Waals surface area contributed by atoms with Crippen molar-refractivity contribution in [2.45, 2.75) is 37.9 Å². The van der Waals surface area contributed by atoms with Crippen LogP contribution in [0, 0.1) is 17.5 Å². The molecule has 1 aliphatic carbocycles. The number of ether oxygens (including phenoxy) is 1. The van der Waals surface area contributed by atoms with Crippen molar-refractivity contribution in [2.24, 2.45) is 0 Å². The standard InChI is InChI=1S/C24H24F3N7OS/c1-11-9-34(10-17(35-11)14-8-28-32-19(14)12-4-5-12)23-29-20(18-15(26)6-13(25)7-16(18)27)21-22(30-23)31-24(36-21)33(2)3/h6-8,11-12,17H,4-5,9-10H2,1-3H3,(H,28,32)/t11-,17-/m1/s1. The van der Waals surface area contributed by atoms with E-state index in [1.165, 1.54) is 11.3 Å². The van der Waals surface area contributed by atoms with E-state index in [2.05, 4.69) is 25.1 Å². The molecule has 0 radical (unpaired) electrons. The van der Waals surface area contributed by atoms with E-state index in [-0.39, 0.29) is 23.9 Å². The lowest BCUT2D eigenvalue weighted by atomic mass is 10.0. The molecular weight excluding hydrogens is 491 g/mol. The molecule has 1 N–H and O–H groups in total. The summed E-state index contributed by atoms with van der Waals surface area (Å²) in [5.74, 6) is -2.29. The Bertz CT molecular complexity index is 1430. The van der Waals surface area contributed by atoms with Gasteiger partial charge < -0.3 is 14.5 Å². The van der Waals surface area contributed by atoms with E-state index < -0.39 is 23.0 Å². The first kappa shape index (κ1) is 23.2. The van der Waals surface area contributed by atoms with E-state index in [0.717, 1.165) is 24.1 Å². The zero-order valence-electron chi connectivity index (χ0n) is 19.9. The molecule has 4 aromatic rings. The van der Waals surface area contributed by atoms with Crippen LogP contribution in [0.3, 0.4) is 0 Å². The third-order valence-corrected chi connectivity index (χ3v) is 7.65. The van der Waals surface area contributed by atoms with Gasteiger partial charge in [0, 0.05) is 49.9 Å². The second kappa shape index (κ2) is 8.70. The number of anilines is 2. The molecule has 1 saturated heterocycles. The lowest BCUT2D eigenvalue weighted by Gasteiger charge is -2.37. The third kappa shape index (κ3) is 4.07. The van der Waals surface area contributed by atoms with Crippen LogP contribution in [-0.2, 0) is 4.74 Å². The maximum Gasteiger partial charge on any atom is 0.228 e. The molecule has 36 heavy (non-hydrogen) atoms. The number of aromatic nitrogens is 5. The Morgan fingerprint density at radius 1 is 1.08 bits per heavy atom. The molecule has 12 heteroatoms. The average Bonchev–Trinajstić information content (AvgIpc) is 3.36. The number of halogens is 3. The monoisotopic (exact) mass is 515 g/mol. The van der Waals surface area contributed by atoms with Crippen LogP contribution in [0.4, 0.5) is 24.3 Å². The number of rotatable bonds is 5. The van der Waals surface area contributed by atoms with E-state index >= 15 is 0 Å². The van der Waals surface area contributed by atoms with Gasteiger partial charge in [0.2, 0.25) is 5.95 Å². The fraction of sp³-hybridized carbons (Fsp3) is 0.417. The van der Waals surface area contributed by atoms with Gasteiger partial charge in [0.15, 0.2) is 10.8 Å². The number of benzene rings is 1. The maximum atomic E-state index is 14.9. The van der Waals surface area contributed by atoms with Gasteiger partial charge in [-0.25, -0.2) is 18.2 Å². The predicted molar refractivity (Wildman–Crippen MR) is 131 cm³/mol. The lowest BCUT2D eigenvalue weighted by molar-refractivity contribution is -0.0182. The zero-order valence-corrected chi connectivity index (χ0v) is 20.7. The number of fused-ring (bicyclic) bond motifs is 1. The summed E-state index contributed by atoms with van der Waals surface area (Å²) in [6.07, 6.45) is 3.63. The van der Waals surface area contributed by atoms with Gasteiger partial charge in [0.05, 0.1) is 24.4 Å². The Kier molecular flexibility index (Phi) is 5.60. The van der Waals surface area contributed by atoms with E-state index in [1.54, 1.807) is 11.1 Å². The number of hydrogen-bond donors (Lipinski definition) is 1. The molecule has 2 aliphatic rings. The van der Waals surface area contributed by atoms with Crippen LogP contribution in [0.25, 0.3) is 21.6 Å². The zero-order chi connectivity index (χ0) is 25.1. The molecule has 0 unspecified atom stereocenters. The highest BCUT2D eigenvalue weighted by Gasteiger charge is 2.35. The highest BCUT2D eigenvalue weighted by Crippen LogP contribution is 2.43. The summed E-state index contributed by atoms with van der Waals surface area (Å²) < 4.78 is 50.1. The van der Waals surface area contributed by atoms with E-state index in [4.69, 9.17) is 4.74 Å². The third-order valence-electron chi connectivity index (χ3n) is 6.43. The first-order valence-electron chi connectivity index (χ1n) is 11.7. The van der Waals surface area contributed by atoms with Gasteiger partial charge in [-0.3, -0.25) is 5.10 Å². The van der Waals surface area contributed by atoms with Gasteiger partial charge in [-0.15, -0.1) is 0 Å². The molecule has 2 fully saturated rings. The van der Waals surface area contributed by atoms with Crippen LogP contribution in [0.1, 0.15) is 43.0 Å². The number of nitrogens with zero attached hydrogens (tertiary/aromatic N) is 6. The Balaban J connectivity index is 1.46. The van der Waals surface area contributed by atoms with E-state index in [9.17, 15) is 13.2 Å². The molecule has 1 saturated carbocycles. The summed E-state index contributed by atoms with van der Waals surface area (Å²) in [6, 6.07) is 1.32. The van der Waals surface area contributed by atoms with Crippen LogP contribution in [-0.4, -0.2) is 58.4 Å². The Morgan fingerprint density at radius 2 is 1.83 bits per heavy atom. The molecule has 0 spiro atoms. The molecule has 188 valence electrons. The molecule has 1 aliphatic heterocycles. The Labute approximate surface area is 209 Å². The van der Waals surface area contributed by atoms with Crippen molar-refractivity contribution in [1.82, 2.24) is 25.1 Å². The Hall–Kier alpha value is -3.25. The normalized spacial score (nSPS) is 20.3. The highest BCUT2D eigenvalue weighted by atomic mass is 32.1. The van der Waals surface area contributed by atoms with Gasteiger partial charge in [-0.05, 0) is 19.8 Å². The van der Waals surface area contributed by atoms with Crippen molar-refractivity contribution in [3.63, 3.8) is 0 Å². The quantitative estimate of drug-likeness (QED) is 0.409. The number of morpholine rings is 1. The minimum Gasteiger partial charge on any atom is -0.367 e. The van der Waals surface area contributed by atoms with Crippen molar-refractivity contribution in [3.05, 3.63) is 47.0 Å². The average molecular weight is 516 g/mol. The highest BCUT2D eigenvalue weighted by molar-refractivity contribution is 7.22. The molecule has 3 aromatic heterocycles. The summed E-state index contributed by atoms with van der Waals surface area (Å²) in [5, 5.41) is 7.96. The fourth-order valence-electron chi connectivity index (χ4n) is 4.62. The number of nitrogens with one attached hydrogen (secondary N) is 1. The molecule has 6 rings (SSSR count). The van der Waals surface area contributed by atoms with Crippen LogP contribution in [0.15, 0.2) is 18.3 Å². The van der Waals surface area contributed by atoms with Crippen molar-refractivity contribution >= 4 is 32.8 Å². The number of H-pyrrole nitrogens is 1. The van der Waals surface area contributed by atoms with Crippen LogP contribution in [0.5, 0.6) is 0 Å². The van der Waals surface area contributed by atoms with Crippen LogP contribution in [0.2, 0.25) is 0 Å². The van der Waals surface area contributed by atoms with Gasteiger partial charge in [0.1, 0.15) is 33.9 Å². The largest absolute Gasteiger partial charge is 0.367 e. The second-order valence-corrected chi connectivity index (χ2v) is 10.5. The smallest absolute Gasteiger partial charge is 0.228 e. The van der Waals surface area contributed by atoms with Crippen LogP contribution < -0.4 is 9.80 Å². The van der Waals surface area contributed by atoms with Crippen molar-refractivity contribution in [1.29, 1.82) is 0 Å². The number of thiazole rings is 1.